The lowest BCUT2D eigenvalue weighted by Crippen LogP contribution is -2.16. The summed E-state index contributed by atoms with van der Waals surface area (Å²) in [6.07, 6.45) is 29.5. The summed E-state index contributed by atoms with van der Waals surface area (Å²) in [5, 5.41) is 17.7. The Balaban J connectivity index is 3.28. The van der Waals surface area contributed by atoms with E-state index in [-0.39, 0.29) is 6.42 Å². The quantitative estimate of drug-likeness (QED) is 0.117. The number of hydrogen-bond acceptors (Lipinski definition) is 2. The molecule has 0 fully saturated rings. The summed E-state index contributed by atoms with van der Waals surface area (Å²) >= 11 is 0. The highest BCUT2D eigenvalue weighted by atomic mass is 16.4. The van der Waals surface area contributed by atoms with Gasteiger partial charge in [-0.05, 0) is 19.3 Å². The fourth-order valence-electron chi connectivity index (χ4n) is 4.02. The molecule has 0 amide bonds. The van der Waals surface area contributed by atoms with Gasteiger partial charge >= 0.3 is 11.9 Å². The summed E-state index contributed by atoms with van der Waals surface area (Å²) in [4.78, 5) is 21.6. The highest BCUT2D eigenvalue weighted by molar-refractivity contribution is 5.77. The first-order valence-electron chi connectivity index (χ1n) is 13.2. The van der Waals surface area contributed by atoms with Crippen LogP contribution in [0.1, 0.15) is 142 Å². The topological polar surface area (TPSA) is 74.6 Å². The molecule has 0 heterocycles. The lowest BCUT2D eigenvalue weighted by molar-refractivity contribution is -0.148. The van der Waals surface area contributed by atoms with Gasteiger partial charge in [-0.1, -0.05) is 128 Å². The Hall–Kier alpha value is -1.32. The Bertz CT molecular complexity index is 445. The number of allylic oxidation sites excluding steroid dienone is 2. The van der Waals surface area contributed by atoms with Crippen molar-refractivity contribution in [3.63, 3.8) is 0 Å². The SMILES string of the molecule is CCCCCCCCCCCCCCCCCCCC/C=C/CC(CC(=O)O)C(=O)O. The largest absolute Gasteiger partial charge is 0.481 e. The molecular formula is C27H50O4. The van der Waals surface area contributed by atoms with Gasteiger partial charge in [-0.3, -0.25) is 9.59 Å². The Kier molecular flexibility index (Phi) is 22.4. The molecule has 0 spiro atoms. The normalized spacial score (nSPS) is 12.4. The molecule has 182 valence electrons. The average Bonchev–Trinajstić information content (AvgIpc) is 2.73. The molecule has 0 aromatic carbocycles. The number of hydrogen-bond donors (Lipinski definition) is 2. The van der Waals surface area contributed by atoms with Crippen molar-refractivity contribution < 1.29 is 19.8 Å². The molecule has 0 rings (SSSR count). The molecule has 1 atom stereocenters. The van der Waals surface area contributed by atoms with E-state index in [1.807, 2.05) is 12.2 Å². The lowest BCUT2D eigenvalue weighted by atomic mass is 10.0. The van der Waals surface area contributed by atoms with Crippen LogP contribution in [0.25, 0.3) is 0 Å². The number of carboxylic acids is 2. The van der Waals surface area contributed by atoms with E-state index in [1.165, 1.54) is 109 Å². The van der Waals surface area contributed by atoms with E-state index in [4.69, 9.17) is 10.2 Å². The van der Waals surface area contributed by atoms with Gasteiger partial charge in [0.05, 0.1) is 12.3 Å². The van der Waals surface area contributed by atoms with Crippen LogP contribution in [0, 0.1) is 5.92 Å². The van der Waals surface area contributed by atoms with Crippen molar-refractivity contribution >= 4 is 11.9 Å². The van der Waals surface area contributed by atoms with Gasteiger partial charge in [0, 0.05) is 0 Å². The molecule has 0 saturated carbocycles. The average molecular weight is 439 g/mol. The van der Waals surface area contributed by atoms with Gasteiger partial charge in [-0.2, -0.15) is 0 Å². The first kappa shape index (κ1) is 29.7. The fourth-order valence-corrected chi connectivity index (χ4v) is 4.02. The molecular weight excluding hydrogens is 388 g/mol. The number of carboxylic acid groups (broad SMARTS) is 2. The molecule has 31 heavy (non-hydrogen) atoms. The third-order valence-corrected chi connectivity index (χ3v) is 6.08. The first-order valence-corrected chi connectivity index (χ1v) is 13.2. The zero-order valence-electron chi connectivity index (χ0n) is 20.3. The maximum atomic E-state index is 11.0. The Morgan fingerprint density at radius 2 is 1.00 bits per heavy atom. The second-order valence-electron chi connectivity index (χ2n) is 9.14. The Morgan fingerprint density at radius 1 is 0.613 bits per heavy atom. The highest BCUT2D eigenvalue weighted by Gasteiger charge is 2.19. The number of carbonyl (C=O) groups is 2. The third kappa shape index (κ3) is 23.2. The van der Waals surface area contributed by atoms with Gasteiger partial charge in [-0.15, -0.1) is 0 Å². The van der Waals surface area contributed by atoms with E-state index in [9.17, 15) is 9.59 Å². The van der Waals surface area contributed by atoms with Crippen LogP contribution in [-0.2, 0) is 9.59 Å². The van der Waals surface area contributed by atoms with Gasteiger partial charge in [0.25, 0.3) is 0 Å². The summed E-state index contributed by atoms with van der Waals surface area (Å²) in [7, 11) is 0. The van der Waals surface area contributed by atoms with Gasteiger partial charge in [0.2, 0.25) is 0 Å². The van der Waals surface area contributed by atoms with Gasteiger partial charge in [-0.25, -0.2) is 0 Å². The molecule has 0 aliphatic rings. The summed E-state index contributed by atoms with van der Waals surface area (Å²) in [6.45, 7) is 2.28. The maximum absolute atomic E-state index is 11.0. The van der Waals surface area contributed by atoms with Crippen molar-refractivity contribution in [1.29, 1.82) is 0 Å². The van der Waals surface area contributed by atoms with Crippen molar-refractivity contribution in [2.24, 2.45) is 5.92 Å². The zero-order valence-corrected chi connectivity index (χ0v) is 20.3. The van der Waals surface area contributed by atoms with Crippen LogP contribution in [0.15, 0.2) is 12.2 Å². The molecule has 0 aromatic heterocycles. The molecule has 4 heteroatoms. The highest BCUT2D eigenvalue weighted by Crippen LogP contribution is 2.15. The Labute approximate surface area is 191 Å². The summed E-state index contributed by atoms with van der Waals surface area (Å²) < 4.78 is 0. The smallest absolute Gasteiger partial charge is 0.307 e. The van der Waals surface area contributed by atoms with E-state index in [0.717, 1.165) is 12.8 Å². The molecule has 4 nitrogen and oxygen atoms in total. The van der Waals surface area contributed by atoms with Crippen molar-refractivity contribution in [3.05, 3.63) is 12.2 Å². The second kappa shape index (κ2) is 23.3. The van der Waals surface area contributed by atoms with E-state index < -0.39 is 17.9 Å². The van der Waals surface area contributed by atoms with Gasteiger partial charge < -0.3 is 10.2 Å². The monoisotopic (exact) mass is 438 g/mol. The predicted octanol–water partition coefficient (Wildman–Crippen LogP) is 8.54. The third-order valence-electron chi connectivity index (χ3n) is 6.08. The summed E-state index contributed by atoms with van der Waals surface area (Å²) in [5.41, 5.74) is 0. The van der Waals surface area contributed by atoms with Crippen LogP contribution in [-0.4, -0.2) is 22.2 Å². The molecule has 0 aromatic rings. The van der Waals surface area contributed by atoms with E-state index >= 15 is 0 Å². The molecule has 0 bridgehead atoms. The van der Waals surface area contributed by atoms with Crippen LogP contribution in [0.4, 0.5) is 0 Å². The molecule has 0 aliphatic carbocycles. The summed E-state index contributed by atoms with van der Waals surface area (Å²) in [6, 6.07) is 0. The van der Waals surface area contributed by atoms with Crippen LogP contribution in [0.2, 0.25) is 0 Å². The molecule has 0 saturated heterocycles. The lowest BCUT2D eigenvalue weighted by Gasteiger charge is -2.05. The first-order chi connectivity index (χ1) is 15.1. The number of unbranched alkanes of at least 4 members (excludes halogenated alkanes) is 18. The standard InChI is InChI=1S/C27H50O4/c1-2-3-4-5-6-7-8-9-10-11-12-13-14-15-16-17-18-19-20-21-22-23-25(27(30)31)24-26(28)29/h21-22,25H,2-20,23-24H2,1H3,(H,28,29)(H,30,31)/b22-21+. The van der Waals surface area contributed by atoms with Crippen molar-refractivity contribution in [2.45, 2.75) is 142 Å². The van der Waals surface area contributed by atoms with E-state index in [0.29, 0.717) is 6.42 Å². The Morgan fingerprint density at radius 3 is 1.35 bits per heavy atom. The second-order valence-corrected chi connectivity index (χ2v) is 9.14. The van der Waals surface area contributed by atoms with Crippen LogP contribution in [0.3, 0.4) is 0 Å². The zero-order chi connectivity index (χ0) is 23.0. The van der Waals surface area contributed by atoms with Crippen molar-refractivity contribution in [2.75, 3.05) is 0 Å². The van der Waals surface area contributed by atoms with Gasteiger partial charge in [0.1, 0.15) is 0 Å². The molecule has 0 aliphatic heterocycles. The van der Waals surface area contributed by atoms with Crippen LogP contribution in [0.5, 0.6) is 0 Å². The minimum Gasteiger partial charge on any atom is -0.481 e. The van der Waals surface area contributed by atoms with E-state index in [1.54, 1.807) is 0 Å². The minimum absolute atomic E-state index is 0.306. The van der Waals surface area contributed by atoms with E-state index in [2.05, 4.69) is 6.92 Å². The predicted molar refractivity (Wildman–Crippen MR) is 131 cm³/mol. The number of rotatable bonds is 24. The molecule has 0 radical (unpaired) electrons. The van der Waals surface area contributed by atoms with Gasteiger partial charge in [0.15, 0.2) is 0 Å². The summed E-state index contributed by atoms with van der Waals surface area (Å²) in [5.74, 6) is -2.89. The minimum atomic E-state index is -1.05. The number of aliphatic carboxylic acids is 2. The molecule has 1 unspecified atom stereocenters. The van der Waals surface area contributed by atoms with Crippen LogP contribution >= 0.6 is 0 Å². The maximum Gasteiger partial charge on any atom is 0.307 e. The van der Waals surface area contributed by atoms with Crippen molar-refractivity contribution in [3.8, 4) is 0 Å². The van der Waals surface area contributed by atoms with Crippen molar-refractivity contribution in [1.82, 2.24) is 0 Å². The van der Waals surface area contributed by atoms with Crippen LogP contribution < -0.4 is 0 Å². The fraction of sp³-hybridized carbons (Fsp3) is 0.852. The molecule has 2 N–H and O–H groups in total.